The molecule has 0 aromatic heterocycles. The highest BCUT2D eigenvalue weighted by atomic mass is 16.5. The molecular weight excluding hydrogens is 374 g/mol. The molecule has 1 aromatic carbocycles. The summed E-state index contributed by atoms with van der Waals surface area (Å²) < 4.78 is 11.4. The molecule has 2 aliphatic heterocycles. The van der Waals surface area contributed by atoms with E-state index >= 15 is 0 Å². The van der Waals surface area contributed by atoms with Crippen molar-refractivity contribution in [1.82, 2.24) is 14.7 Å². The van der Waals surface area contributed by atoms with Crippen molar-refractivity contribution in [3.63, 3.8) is 0 Å². The highest BCUT2D eigenvalue weighted by molar-refractivity contribution is 5.33. The molecule has 170 valence electrons. The highest BCUT2D eigenvalue weighted by Crippen LogP contribution is 2.22. The van der Waals surface area contributed by atoms with Crippen LogP contribution in [0.2, 0.25) is 0 Å². The first-order valence-corrected chi connectivity index (χ1v) is 12.1. The fourth-order valence-electron chi connectivity index (χ4n) is 4.86. The third kappa shape index (κ3) is 8.18. The topological polar surface area (TPSA) is 28.2 Å². The minimum absolute atomic E-state index is 0.759. The lowest BCUT2D eigenvalue weighted by atomic mass is 10.1. The maximum atomic E-state index is 6.19. The van der Waals surface area contributed by atoms with Gasteiger partial charge in [-0.2, -0.15) is 0 Å². The van der Waals surface area contributed by atoms with Crippen molar-refractivity contribution in [3.05, 3.63) is 29.8 Å². The Kier molecular flexibility index (Phi) is 10.4. The van der Waals surface area contributed by atoms with Crippen LogP contribution in [-0.2, 0) is 11.3 Å². The molecule has 2 saturated heterocycles. The molecule has 2 heterocycles. The molecule has 0 amide bonds. The van der Waals surface area contributed by atoms with Gasteiger partial charge >= 0.3 is 0 Å². The Morgan fingerprint density at radius 2 is 1.80 bits per heavy atom. The predicted octanol–water partition coefficient (Wildman–Crippen LogP) is 3.73. The summed E-state index contributed by atoms with van der Waals surface area (Å²) in [6.45, 7) is 11.1. The number of rotatable bonds is 13. The summed E-state index contributed by atoms with van der Waals surface area (Å²) in [6.07, 6.45) is 7.84. The Balaban J connectivity index is 1.35. The second kappa shape index (κ2) is 13.3. The van der Waals surface area contributed by atoms with Gasteiger partial charge < -0.3 is 24.2 Å². The first-order chi connectivity index (χ1) is 14.7. The lowest BCUT2D eigenvalue weighted by Crippen LogP contribution is -2.30. The molecule has 1 aromatic rings. The van der Waals surface area contributed by atoms with E-state index in [0.29, 0.717) is 0 Å². The van der Waals surface area contributed by atoms with Crippen molar-refractivity contribution < 1.29 is 9.47 Å². The normalized spacial score (nSPS) is 20.8. The number of methoxy groups -OCH3 is 1. The Morgan fingerprint density at radius 3 is 2.63 bits per heavy atom. The van der Waals surface area contributed by atoms with Crippen LogP contribution in [-0.4, -0.2) is 87.9 Å². The summed E-state index contributed by atoms with van der Waals surface area (Å²) in [5.74, 6) is 1.82. The summed E-state index contributed by atoms with van der Waals surface area (Å²) in [7, 11) is 4.03. The molecule has 3 rings (SSSR count). The Morgan fingerprint density at radius 1 is 0.967 bits per heavy atom. The average molecular weight is 418 g/mol. The van der Waals surface area contributed by atoms with Crippen LogP contribution in [0.25, 0.3) is 0 Å². The van der Waals surface area contributed by atoms with E-state index in [1.807, 2.05) is 0 Å². The molecule has 30 heavy (non-hydrogen) atoms. The molecule has 0 bridgehead atoms. The number of hydrogen-bond acceptors (Lipinski definition) is 5. The van der Waals surface area contributed by atoms with Gasteiger partial charge in [0.15, 0.2) is 0 Å². The van der Waals surface area contributed by atoms with Crippen molar-refractivity contribution in [2.75, 3.05) is 73.2 Å². The van der Waals surface area contributed by atoms with Crippen molar-refractivity contribution in [2.45, 2.75) is 45.1 Å². The lowest BCUT2D eigenvalue weighted by Gasteiger charge is -2.26. The van der Waals surface area contributed by atoms with Gasteiger partial charge in [0.1, 0.15) is 5.75 Å². The number of hydrogen-bond donors (Lipinski definition) is 0. The Labute approximate surface area is 184 Å². The van der Waals surface area contributed by atoms with E-state index in [1.165, 1.54) is 70.4 Å². The van der Waals surface area contributed by atoms with Crippen LogP contribution in [0.15, 0.2) is 24.3 Å². The fourth-order valence-corrected chi connectivity index (χ4v) is 4.86. The summed E-state index contributed by atoms with van der Waals surface area (Å²) >= 11 is 0. The van der Waals surface area contributed by atoms with E-state index in [9.17, 15) is 0 Å². The van der Waals surface area contributed by atoms with E-state index in [-0.39, 0.29) is 0 Å². The molecule has 0 aliphatic carbocycles. The number of piperidine rings is 1. The molecule has 2 aliphatic rings. The standard InChI is InChI=1S/C25H43N3O2/c1-26(20-23-12-16-28(21-23)17-19-29-2)22-24-10-4-5-11-25(24)30-18-9-8-15-27-13-6-3-7-14-27/h4-5,10-11,23H,3,6-9,12-22H2,1-2H3/t23-/m1/s1. The van der Waals surface area contributed by atoms with E-state index in [4.69, 9.17) is 9.47 Å². The molecule has 0 radical (unpaired) electrons. The third-order valence-electron chi connectivity index (χ3n) is 6.54. The predicted molar refractivity (Wildman–Crippen MR) is 124 cm³/mol. The Bertz CT molecular complexity index is 592. The zero-order valence-corrected chi connectivity index (χ0v) is 19.4. The number of ether oxygens (including phenoxy) is 2. The number of likely N-dealkylation sites (tertiary alicyclic amines) is 2. The van der Waals surface area contributed by atoms with Gasteiger partial charge in [0.05, 0.1) is 13.2 Å². The van der Waals surface area contributed by atoms with E-state index in [0.717, 1.165) is 50.9 Å². The van der Waals surface area contributed by atoms with E-state index in [2.05, 4.69) is 46.0 Å². The maximum Gasteiger partial charge on any atom is 0.123 e. The molecule has 5 heteroatoms. The van der Waals surface area contributed by atoms with Gasteiger partial charge in [-0.1, -0.05) is 24.6 Å². The van der Waals surface area contributed by atoms with Crippen LogP contribution < -0.4 is 4.74 Å². The van der Waals surface area contributed by atoms with Crippen molar-refractivity contribution in [1.29, 1.82) is 0 Å². The first-order valence-electron chi connectivity index (χ1n) is 12.1. The van der Waals surface area contributed by atoms with Crippen LogP contribution in [0.1, 0.15) is 44.1 Å². The molecule has 0 N–H and O–H groups in total. The molecule has 0 unspecified atom stereocenters. The maximum absolute atomic E-state index is 6.19. The minimum Gasteiger partial charge on any atom is -0.493 e. The molecule has 1 atom stereocenters. The van der Waals surface area contributed by atoms with E-state index in [1.54, 1.807) is 7.11 Å². The van der Waals surface area contributed by atoms with Crippen LogP contribution >= 0.6 is 0 Å². The highest BCUT2D eigenvalue weighted by Gasteiger charge is 2.23. The van der Waals surface area contributed by atoms with Gasteiger partial charge in [-0.05, 0) is 77.3 Å². The van der Waals surface area contributed by atoms with Crippen molar-refractivity contribution in [2.24, 2.45) is 5.92 Å². The smallest absolute Gasteiger partial charge is 0.123 e. The van der Waals surface area contributed by atoms with Crippen molar-refractivity contribution in [3.8, 4) is 5.75 Å². The number of nitrogens with zero attached hydrogens (tertiary/aromatic N) is 3. The van der Waals surface area contributed by atoms with Gasteiger partial charge in [0, 0.05) is 38.9 Å². The summed E-state index contributed by atoms with van der Waals surface area (Å²) in [5, 5.41) is 0. The van der Waals surface area contributed by atoms with Crippen LogP contribution in [0.4, 0.5) is 0 Å². The van der Waals surface area contributed by atoms with Gasteiger partial charge in [0.2, 0.25) is 0 Å². The second-order valence-electron chi connectivity index (χ2n) is 9.21. The first kappa shape index (κ1) is 23.5. The molecule has 0 saturated carbocycles. The monoisotopic (exact) mass is 417 g/mol. The third-order valence-corrected chi connectivity index (χ3v) is 6.54. The van der Waals surface area contributed by atoms with Crippen LogP contribution in [0.3, 0.4) is 0 Å². The molecule has 2 fully saturated rings. The summed E-state index contributed by atoms with van der Waals surface area (Å²) in [4.78, 5) is 7.61. The summed E-state index contributed by atoms with van der Waals surface area (Å²) in [6, 6.07) is 8.58. The zero-order chi connectivity index (χ0) is 21.0. The fraction of sp³-hybridized carbons (Fsp3) is 0.760. The van der Waals surface area contributed by atoms with E-state index < -0.39 is 0 Å². The zero-order valence-electron chi connectivity index (χ0n) is 19.4. The number of unbranched alkanes of at least 4 members (excludes halogenated alkanes) is 1. The van der Waals surface area contributed by atoms with Gasteiger partial charge in [-0.25, -0.2) is 0 Å². The van der Waals surface area contributed by atoms with Gasteiger partial charge in [0.25, 0.3) is 0 Å². The largest absolute Gasteiger partial charge is 0.493 e. The van der Waals surface area contributed by atoms with Crippen molar-refractivity contribution >= 4 is 0 Å². The average Bonchev–Trinajstić information content (AvgIpc) is 3.21. The van der Waals surface area contributed by atoms with Gasteiger partial charge in [-0.3, -0.25) is 0 Å². The minimum atomic E-state index is 0.759. The molecule has 5 nitrogen and oxygen atoms in total. The molecular formula is C25H43N3O2. The molecule has 0 spiro atoms. The van der Waals surface area contributed by atoms with Crippen LogP contribution in [0.5, 0.6) is 5.75 Å². The number of benzene rings is 1. The lowest BCUT2D eigenvalue weighted by molar-refractivity contribution is 0.157. The van der Waals surface area contributed by atoms with Crippen LogP contribution in [0, 0.1) is 5.92 Å². The second-order valence-corrected chi connectivity index (χ2v) is 9.21. The number of para-hydroxylation sites is 1. The summed E-state index contributed by atoms with van der Waals surface area (Å²) in [5.41, 5.74) is 1.31. The SMILES string of the molecule is COCCN1CC[C@H](CN(C)Cc2ccccc2OCCCCN2CCCCC2)C1. The Hall–Kier alpha value is -1.14. The quantitative estimate of drug-likeness (QED) is 0.456. The van der Waals surface area contributed by atoms with Gasteiger partial charge in [-0.15, -0.1) is 0 Å².